The molecule has 2 atom stereocenters. The van der Waals surface area contributed by atoms with Crippen LogP contribution in [0.25, 0.3) is 10.2 Å². The largest absolute Gasteiger partial charge is 0.497 e. The van der Waals surface area contributed by atoms with Gasteiger partial charge in [0.2, 0.25) is 5.91 Å². The van der Waals surface area contributed by atoms with Crippen LogP contribution in [0, 0.1) is 5.92 Å². The maximum atomic E-state index is 13.4. The second kappa shape index (κ2) is 8.70. The topological polar surface area (TPSA) is 82.4 Å². The van der Waals surface area contributed by atoms with E-state index in [2.05, 4.69) is 17.2 Å². The molecule has 4 rings (SSSR count). The van der Waals surface area contributed by atoms with Gasteiger partial charge < -0.3 is 14.8 Å². The molecule has 2 heterocycles. The first-order chi connectivity index (χ1) is 15.0. The van der Waals surface area contributed by atoms with Crippen LogP contribution in [0.1, 0.15) is 43.2 Å². The number of anilines is 1. The number of carbonyl (C=O) groups excluding carboxylic acids is 1. The molecule has 164 valence electrons. The standard InChI is InChI=1S/C23H27N3O4S/c1-5-17(21(27)25-16-11-14(29-3)7-9-18(16)30-4)26-12-24-22-20(23(26)28)15-8-6-13(2)10-19(15)31-22/h7,9,11-13,17H,5-6,8,10H2,1-4H3,(H,25,27). The van der Waals surface area contributed by atoms with Crippen LogP contribution in [0.5, 0.6) is 11.5 Å². The van der Waals surface area contributed by atoms with Crippen LogP contribution in [-0.2, 0) is 17.6 Å². The highest BCUT2D eigenvalue weighted by Gasteiger charge is 2.26. The van der Waals surface area contributed by atoms with E-state index in [0.29, 0.717) is 34.9 Å². The molecule has 1 aliphatic carbocycles. The van der Waals surface area contributed by atoms with Gasteiger partial charge in [-0.25, -0.2) is 4.98 Å². The Balaban J connectivity index is 1.70. The van der Waals surface area contributed by atoms with Crippen LogP contribution in [0.2, 0.25) is 0 Å². The number of benzene rings is 1. The molecule has 2 unspecified atom stereocenters. The van der Waals surface area contributed by atoms with Gasteiger partial charge in [-0.2, -0.15) is 0 Å². The summed E-state index contributed by atoms with van der Waals surface area (Å²) in [5.41, 5.74) is 1.47. The highest BCUT2D eigenvalue weighted by atomic mass is 32.1. The smallest absolute Gasteiger partial charge is 0.263 e. The number of methoxy groups -OCH3 is 2. The maximum Gasteiger partial charge on any atom is 0.263 e. The first kappa shape index (κ1) is 21.4. The predicted molar refractivity (Wildman–Crippen MR) is 123 cm³/mol. The number of hydrogen-bond acceptors (Lipinski definition) is 6. The fourth-order valence-corrected chi connectivity index (χ4v) is 5.54. The molecule has 1 amide bonds. The number of nitrogens with zero attached hydrogens (tertiary/aromatic N) is 2. The first-order valence-corrected chi connectivity index (χ1v) is 11.3. The molecule has 1 aromatic carbocycles. The number of fused-ring (bicyclic) bond motifs is 3. The maximum absolute atomic E-state index is 13.4. The van der Waals surface area contributed by atoms with Gasteiger partial charge >= 0.3 is 0 Å². The third kappa shape index (κ3) is 3.92. The van der Waals surface area contributed by atoms with Gasteiger partial charge in [-0.15, -0.1) is 11.3 Å². The van der Waals surface area contributed by atoms with Crippen molar-refractivity contribution in [2.75, 3.05) is 19.5 Å². The van der Waals surface area contributed by atoms with E-state index in [1.807, 2.05) is 6.92 Å². The molecular weight excluding hydrogens is 414 g/mol. The number of amides is 1. The lowest BCUT2D eigenvalue weighted by molar-refractivity contribution is -0.119. The fourth-order valence-electron chi connectivity index (χ4n) is 4.20. The molecule has 1 aliphatic rings. The summed E-state index contributed by atoms with van der Waals surface area (Å²) in [6, 6.07) is 4.51. The second-order valence-electron chi connectivity index (χ2n) is 7.97. The van der Waals surface area contributed by atoms with E-state index in [4.69, 9.17) is 9.47 Å². The highest BCUT2D eigenvalue weighted by molar-refractivity contribution is 7.18. The van der Waals surface area contributed by atoms with Crippen molar-refractivity contribution in [3.05, 3.63) is 45.3 Å². The molecule has 0 saturated heterocycles. The van der Waals surface area contributed by atoms with Gasteiger partial charge in [-0.1, -0.05) is 13.8 Å². The molecule has 8 heteroatoms. The number of aryl methyl sites for hydroxylation is 1. The van der Waals surface area contributed by atoms with Gasteiger partial charge in [0.05, 0.1) is 31.6 Å². The zero-order valence-corrected chi connectivity index (χ0v) is 19.0. The van der Waals surface area contributed by atoms with Crippen molar-refractivity contribution in [3.8, 4) is 11.5 Å². The van der Waals surface area contributed by atoms with E-state index in [-0.39, 0.29) is 11.5 Å². The molecule has 0 aliphatic heterocycles. The number of carbonyl (C=O) groups is 1. The Morgan fingerprint density at radius 2 is 2.16 bits per heavy atom. The Bertz CT molecular complexity index is 1180. The summed E-state index contributed by atoms with van der Waals surface area (Å²) in [5.74, 6) is 1.44. The van der Waals surface area contributed by atoms with Crippen LogP contribution >= 0.6 is 11.3 Å². The number of ether oxygens (including phenoxy) is 2. The van der Waals surface area contributed by atoms with Crippen molar-refractivity contribution in [1.82, 2.24) is 9.55 Å². The lowest BCUT2D eigenvalue weighted by Crippen LogP contribution is -2.33. The minimum absolute atomic E-state index is 0.142. The van der Waals surface area contributed by atoms with Gasteiger partial charge in [-0.3, -0.25) is 14.2 Å². The van der Waals surface area contributed by atoms with E-state index >= 15 is 0 Å². The molecular formula is C23H27N3O4S. The monoisotopic (exact) mass is 441 g/mol. The molecule has 0 fully saturated rings. The zero-order valence-electron chi connectivity index (χ0n) is 18.2. The second-order valence-corrected chi connectivity index (χ2v) is 9.05. The summed E-state index contributed by atoms with van der Waals surface area (Å²) in [6.45, 7) is 4.12. The van der Waals surface area contributed by atoms with E-state index in [0.717, 1.165) is 29.7 Å². The van der Waals surface area contributed by atoms with E-state index in [1.54, 1.807) is 36.6 Å². The summed E-state index contributed by atoms with van der Waals surface area (Å²) in [5, 5.41) is 3.57. The van der Waals surface area contributed by atoms with Crippen LogP contribution in [0.15, 0.2) is 29.3 Å². The quantitative estimate of drug-likeness (QED) is 0.620. The van der Waals surface area contributed by atoms with Gasteiger partial charge in [0.15, 0.2) is 0 Å². The average molecular weight is 442 g/mol. The summed E-state index contributed by atoms with van der Waals surface area (Å²) >= 11 is 1.61. The van der Waals surface area contributed by atoms with Gasteiger partial charge in [0.1, 0.15) is 22.4 Å². The van der Waals surface area contributed by atoms with Crippen LogP contribution in [0.4, 0.5) is 5.69 Å². The van der Waals surface area contributed by atoms with Crippen molar-refractivity contribution in [2.24, 2.45) is 5.92 Å². The molecule has 0 radical (unpaired) electrons. The van der Waals surface area contributed by atoms with Crippen LogP contribution in [0.3, 0.4) is 0 Å². The molecule has 0 saturated carbocycles. The third-order valence-corrected chi connectivity index (χ3v) is 7.09. The molecule has 2 aromatic heterocycles. The molecule has 0 spiro atoms. The SMILES string of the molecule is CCC(C(=O)Nc1cc(OC)ccc1OC)n1cnc2sc3c(c2c1=O)CCC(C)C3. The Kier molecular flexibility index (Phi) is 6.00. The lowest BCUT2D eigenvalue weighted by atomic mass is 9.89. The molecule has 1 N–H and O–H groups in total. The van der Waals surface area contributed by atoms with E-state index < -0.39 is 6.04 Å². The van der Waals surface area contributed by atoms with E-state index in [1.165, 1.54) is 22.9 Å². The third-order valence-electron chi connectivity index (χ3n) is 5.93. The number of hydrogen-bond donors (Lipinski definition) is 1. The minimum atomic E-state index is -0.682. The number of rotatable bonds is 6. The summed E-state index contributed by atoms with van der Waals surface area (Å²) in [6.07, 6.45) is 4.91. The molecule has 7 nitrogen and oxygen atoms in total. The zero-order chi connectivity index (χ0) is 22.1. The van der Waals surface area contributed by atoms with Gasteiger partial charge in [-0.05, 0) is 49.3 Å². The predicted octanol–water partition coefficient (Wildman–Crippen LogP) is 4.19. The number of thiophene rings is 1. The number of nitrogens with one attached hydrogen (secondary N) is 1. The minimum Gasteiger partial charge on any atom is -0.497 e. The molecule has 0 bridgehead atoms. The van der Waals surface area contributed by atoms with Crippen LogP contribution < -0.4 is 20.3 Å². The summed E-state index contributed by atoms with van der Waals surface area (Å²) < 4.78 is 12.1. The van der Waals surface area contributed by atoms with Crippen molar-refractivity contribution >= 4 is 33.1 Å². The highest BCUT2D eigenvalue weighted by Crippen LogP contribution is 2.36. The van der Waals surface area contributed by atoms with Crippen molar-refractivity contribution < 1.29 is 14.3 Å². The fraction of sp³-hybridized carbons (Fsp3) is 0.435. The Labute approximate surface area is 185 Å². The normalized spacial score (nSPS) is 16.6. The van der Waals surface area contributed by atoms with Gasteiger partial charge in [0, 0.05) is 10.9 Å². The average Bonchev–Trinajstić information content (AvgIpc) is 3.13. The first-order valence-electron chi connectivity index (χ1n) is 10.5. The van der Waals surface area contributed by atoms with E-state index in [9.17, 15) is 9.59 Å². The van der Waals surface area contributed by atoms with Gasteiger partial charge in [0.25, 0.3) is 5.56 Å². The van der Waals surface area contributed by atoms with Crippen molar-refractivity contribution in [2.45, 2.75) is 45.6 Å². The Morgan fingerprint density at radius 1 is 1.35 bits per heavy atom. The molecule has 31 heavy (non-hydrogen) atoms. The summed E-state index contributed by atoms with van der Waals surface area (Å²) in [4.78, 5) is 33.2. The van der Waals surface area contributed by atoms with Crippen molar-refractivity contribution in [1.29, 1.82) is 0 Å². The summed E-state index contributed by atoms with van der Waals surface area (Å²) in [7, 11) is 3.10. The Hall–Kier alpha value is -2.87. The lowest BCUT2D eigenvalue weighted by Gasteiger charge is -2.20. The van der Waals surface area contributed by atoms with Crippen LogP contribution in [-0.4, -0.2) is 29.7 Å². The Morgan fingerprint density at radius 3 is 2.87 bits per heavy atom. The molecule has 3 aromatic rings. The number of aromatic nitrogens is 2. The van der Waals surface area contributed by atoms with Crippen molar-refractivity contribution in [3.63, 3.8) is 0 Å².